The summed E-state index contributed by atoms with van der Waals surface area (Å²) in [7, 11) is 3.85. The molecule has 3 aliphatic rings. The van der Waals surface area contributed by atoms with Crippen LogP contribution in [-0.2, 0) is 6.42 Å². The number of hydrogen-bond acceptors (Lipinski definition) is 7. The lowest BCUT2D eigenvalue weighted by molar-refractivity contribution is 0.693. The van der Waals surface area contributed by atoms with E-state index in [9.17, 15) is 0 Å². The van der Waals surface area contributed by atoms with Crippen molar-refractivity contribution in [3.63, 3.8) is 0 Å². The highest BCUT2D eigenvalue weighted by molar-refractivity contribution is 6.27. The van der Waals surface area contributed by atoms with Gasteiger partial charge in [0.25, 0.3) is 0 Å². The van der Waals surface area contributed by atoms with Crippen LogP contribution in [0.4, 0.5) is 11.4 Å². The number of nitrogens with one attached hydrogen (secondary N) is 2. The molecule has 0 saturated carbocycles. The summed E-state index contributed by atoms with van der Waals surface area (Å²) in [5.41, 5.74) is 9.59. The summed E-state index contributed by atoms with van der Waals surface area (Å²) >= 11 is 0. The molecule has 0 bridgehead atoms. The quantitative estimate of drug-likeness (QED) is 0.416. The number of rotatable bonds is 6. The van der Waals surface area contributed by atoms with Gasteiger partial charge in [0.1, 0.15) is 11.7 Å². The molecular weight excluding hydrogens is 482 g/mol. The Bertz CT molecular complexity index is 1670. The molecule has 3 aliphatic heterocycles. The van der Waals surface area contributed by atoms with Crippen LogP contribution >= 0.6 is 0 Å². The average Bonchev–Trinajstić information content (AvgIpc) is 2.95. The second kappa shape index (κ2) is 9.83. The Kier molecular flexibility index (Phi) is 6.19. The van der Waals surface area contributed by atoms with Gasteiger partial charge in [0, 0.05) is 36.6 Å². The molecular formula is C32H31N7. The third kappa shape index (κ3) is 4.46. The van der Waals surface area contributed by atoms with Gasteiger partial charge >= 0.3 is 0 Å². The van der Waals surface area contributed by atoms with Crippen LogP contribution in [0.5, 0.6) is 0 Å². The van der Waals surface area contributed by atoms with Gasteiger partial charge in [0.2, 0.25) is 5.96 Å². The van der Waals surface area contributed by atoms with Crippen molar-refractivity contribution in [3.8, 4) is 0 Å². The molecule has 0 saturated heterocycles. The maximum absolute atomic E-state index is 5.03. The van der Waals surface area contributed by atoms with Gasteiger partial charge in [-0.15, -0.1) is 0 Å². The van der Waals surface area contributed by atoms with Crippen LogP contribution in [0.1, 0.15) is 41.7 Å². The minimum Gasteiger partial charge on any atom is -0.388 e. The predicted molar refractivity (Wildman–Crippen MR) is 162 cm³/mol. The van der Waals surface area contributed by atoms with E-state index >= 15 is 0 Å². The van der Waals surface area contributed by atoms with E-state index in [0.717, 1.165) is 51.7 Å². The lowest BCUT2D eigenvalue weighted by Gasteiger charge is -2.35. The zero-order chi connectivity index (χ0) is 27.1. The number of aliphatic imine (C=N–C) groups is 4. The minimum atomic E-state index is 0.569. The largest absolute Gasteiger partial charge is 0.388 e. The topological polar surface area (TPSA) is 76.7 Å². The summed E-state index contributed by atoms with van der Waals surface area (Å²) in [5.74, 6) is 3.43. The number of amidine groups is 3. The highest BCUT2D eigenvalue weighted by Gasteiger charge is 2.35. The first-order chi connectivity index (χ1) is 18.9. The molecule has 194 valence electrons. The summed E-state index contributed by atoms with van der Waals surface area (Å²) in [6.45, 7) is 6.21. The van der Waals surface area contributed by atoms with Gasteiger partial charge in [-0.2, -0.15) is 9.98 Å². The lowest BCUT2D eigenvalue weighted by atomic mass is 10.0. The van der Waals surface area contributed by atoms with Crippen molar-refractivity contribution in [3.05, 3.63) is 118 Å². The Hall–Kier alpha value is -4.78. The molecule has 7 heteroatoms. The van der Waals surface area contributed by atoms with Crippen molar-refractivity contribution >= 4 is 34.8 Å². The molecule has 0 amide bonds. The maximum Gasteiger partial charge on any atom is 0.241 e. The number of aryl methyl sites for hydroxylation is 1. The third-order valence-electron chi connectivity index (χ3n) is 7.13. The number of guanidine groups is 1. The van der Waals surface area contributed by atoms with Gasteiger partial charge in [-0.1, -0.05) is 42.5 Å². The van der Waals surface area contributed by atoms with Crippen molar-refractivity contribution in [1.29, 1.82) is 0 Å². The van der Waals surface area contributed by atoms with Crippen LogP contribution in [0.25, 0.3) is 0 Å². The molecule has 0 aliphatic carbocycles. The first kappa shape index (κ1) is 24.6. The van der Waals surface area contributed by atoms with E-state index in [2.05, 4.69) is 98.1 Å². The molecule has 0 spiro atoms. The van der Waals surface area contributed by atoms with Crippen LogP contribution in [0.2, 0.25) is 0 Å². The molecule has 0 unspecified atom stereocenters. The Labute approximate surface area is 229 Å². The highest BCUT2D eigenvalue weighted by atomic mass is 15.4. The van der Waals surface area contributed by atoms with Gasteiger partial charge in [0.15, 0.2) is 11.7 Å². The standard InChI is InChI=1S/C32H31N7/c1-19-11-13-24(26(15-19)33-4)28-35-30-20(2)16-21(3)31-36-29(38-32(37-28)39(30)31)25-14-12-23(18-27(25)34-5)17-22-9-7-6-8-10-22/h6-16,18,33-34H,17H2,1-5H3. The monoisotopic (exact) mass is 513 g/mol. The summed E-state index contributed by atoms with van der Waals surface area (Å²) in [6.07, 6.45) is 2.99. The van der Waals surface area contributed by atoms with Crippen LogP contribution < -0.4 is 10.6 Å². The minimum absolute atomic E-state index is 0.569. The molecule has 7 nitrogen and oxygen atoms in total. The van der Waals surface area contributed by atoms with E-state index in [-0.39, 0.29) is 0 Å². The number of hydrogen-bond donors (Lipinski definition) is 2. The fourth-order valence-corrected chi connectivity index (χ4v) is 5.17. The Morgan fingerprint density at radius 1 is 0.692 bits per heavy atom. The fourth-order valence-electron chi connectivity index (χ4n) is 5.17. The van der Waals surface area contributed by atoms with E-state index in [1.807, 2.05) is 25.1 Å². The third-order valence-corrected chi connectivity index (χ3v) is 7.13. The number of benzene rings is 3. The SMILES string of the molecule is CNc1cc(Cc2ccccc2)ccc1C1=NC2=NC(c3ccc(C)cc3NC)=NC3=C(C)C=C(C)C(=N1)N23. The molecule has 2 N–H and O–H groups in total. The molecule has 3 aromatic carbocycles. The van der Waals surface area contributed by atoms with Crippen molar-refractivity contribution in [2.45, 2.75) is 27.2 Å². The van der Waals surface area contributed by atoms with E-state index in [1.165, 1.54) is 16.7 Å². The second-order valence-electron chi connectivity index (χ2n) is 9.98. The summed E-state index contributed by atoms with van der Waals surface area (Å²) in [5, 5.41) is 6.65. The van der Waals surface area contributed by atoms with Crippen LogP contribution in [0, 0.1) is 6.92 Å². The summed E-state index contributed by atoms with van der Waals surface area (Å²) < 4.78 is 0. The van der Waals surface area contributed by atoms with E-state index in [4.69, 9.17) is 20.0 Å². The molecule has 3 heterocycles. The van der Waals surface area contributed by atoms with Crippen LogP contribution in [0.3, 0.4) is 0 Å². The zero-order valence-corrected chi connectivity index (χ0v) is 22.9. The normalized spacial score (nSPS) is 16.0. The second-order valence-corrected chi connectivity index (χ2v) is 9.98. The van der Waals surface area contributed by atoms with Crippen LogP contribution in [-0.4, -0.2) is 42.5 Å². The van der Waals surface area contributed by atoms with Crippen molar-refractivity contribution in [2.24, 2.45) is 20.0 Å². The van der Waals surface area contributed by atoms with Crippen LogP contribution in [0.15, 0.2) is 110 Å². The fraction of sp³-hybridized carbons (Fsp3) is 0.188. The van der Waals surface area contributed by atoms with E-state index in [0.29, 0.717) is 17.6 Å². The smallest absolute Gasteiger partial charge is 0.241 e. The molecule has 3 aromatic rings. The van der Waals surface area contributed by atoms with E-state index in [1.54, 1.807) is 0 Å². The molecule has 0 fully saturated rings. The lowest BCUT2D eigenvalue weighted by Crippen LogP contribution is -2.44. The van der Waals surface area contributed by atoms with Crippen molar-refractivity contribution in [2.75, 3.05) is 24.7 Å². The highest BCUT2D eigenvalue weighted by Crippen LogP contribution is 2.33. The predicted octanol–water partition coefficient (Wildman–Crippen LogP) is 6.14. The number of allylic oxidation sites excluding steroid dienone is 2. The Morgan fingerprint density at radius 3 is 2.13 bits per heavy atom. The Balaban J connectivity index is 1.46. The summed E-state index contributed by atoms with van der Waals surface area (Å²) in [4.78, 5) is 21.9. The molecule has 0 atom stereocenters. The zero-order valence-electron chi connectivity index (χ0n) is 22.9. The molecule has 0 radical (unpaired) electrons. The van der Waals surface area contributed by atoms with Gasteiger partial charge < -0.3 is 10.6 Å². The van der Waals surface area contributed by atoms with Gasteiger partial charge in [-0.25, -0.2) is 14.9 Å². The average molecular weight is 514 g/mol. The Morgan fingerprint density at radius 2 is 1.38 bits per heavy atom. The molecule has 6 rings (SSSR count). The van der Waals surface area contributed by atoms with Gasteiger partial charge in [-0.05, 0) is 85.4 Å². The van der Waals surface area contributed by atoms with Crippen molar-refractivity contribution in [1.82, 2.24) is 4.90 Å². The maximum atomic E-state index is 5.03. The molecule has 39 heavy (non-hydrogen) atoms. The van der Waals surface area contributed by atoms with Gasteiger partial charge in [0.05, 0.1) is 0 Å². The summed E-state index contributed by atoms with van der Waals surface area (Å²) in [6, 6.07) is 23.2. The van der Waals surface area contributed by atoms with E-state index < -0.39 is 0 Å². The first-order valence-corrected chi connectivity index (χ1v) is 13.1. The van der Waals surface area contributed by atoms with Gasteiger partial charge in [-0.3, -0.25) is 0 Å². The number of nitrogens with zero attached hydrogens (tertiary/aromatic N) is 5. The number of anilines is 2. The van der Waals surface area contributed by atoms with Crippen molar-refractivity contribution < 1.29 is 0 Å². The first-order valence-electron chi connectivity index (χ1n) is 13.1. The molecule has 0 aromatic heterocycles.